The van der Waals surface area contributed by atoms with Gasteiger partial charge in [-0.05, 0) is 18.2 Å². The van der Waals surface area contributed by atoms with Crippen LogP contribution < -0.4 is 0 Å². The summed E-state index contributed by atoms with van der Waals surface area (Å²) in [6, 6.07) is 3.21. The van der Waals surface area contributed by atoms with Crippen molar-refractivity contribution in [2.75, 3.05) is 0 Å². The van der Waals surface area contributed by atoms with Gasteiger partial charge in [-0.25, -0.2) is 4.39 Å². The Bertz CT molecular complexity index is 331. The van der Waals surface area contributed by atoms with Crippen LogP contribution in [-0.4, -0.2) is 10.9 Å². The van der Waals surface area contributed by atoms with Crippen LogP contribution >= 0.6 is 0 Å². The minimum Gasteiger partial charge on any atom is -0.507 e. The highest BCUT2D eigenvalue weighted by Crippen LogP contribution is 2.18. The van der Waals surface area contributed by atoms with Crippen LogP contribution in [-0.2, 0) is 0 Å². The van der Waals surface area contributed by atoms with Gasteiger partial charge in [0.2, 0.25) is 0 Å². The summed E-state index contributed by atoms with van der Waals surface area (Å²) in [4.78, 5) is 10.9. The number of rotatable bonds is 2. The Hall–Kier alpha value is -1.64. The van der Waals surface area contributed by atoms with E-state index >= 15 is 0 Å². The summed E-state index contributed by atoms with van der Waals surface area (Å²) in [5.74, 6) is -1.36. The van der Waals surface area contributed by atoms with Gasteiger partial charge >= 0.3 is 0 Å². The van der Waals surface area contributed by atoms with Gasteiger partial charge in [0.05, 0.1) is 5.56 Å². The SMILES string of the molecule is C=CC(=O)c1ccc(F)cc1O. The summed E-state index contributed by atoms with van der Waals surface area (Å²) < 4.78 is 12.4. The lowest BCUT2D eigenvalue weighted by Gasteiger charge is -1.98. The lowest BCUT2D eigenvalue weighted by molar-refractivity contribution is 0.104. The summed E-state index contributed by atoms with van der Waals surface area (Å²) in [6.07, 6.45) is 1.06. The zero-order chi connectivity index (χ0) is 9.14. The zero-order valence-electron chi connectivity index (χ0n) is 6.25. The molecule has 0 aromatic heterocycles. The molecule has 0 heterocycles. The molecule has 0 radical (unpaired) electrons. The fourth-order valence-corrected chi connectivity index (χ4v) is 0.823. The molecule has 1 aromatic carbocycles. The third kappa shape index (κ3) is 1.50. The van der Waals surface area contributed by atoms with Gasteiger partial charge in [-0.1, -0.05) is 6.58 Å². The second-order valence-corrected chi connectivity index (χ2v) is 2.23. The van der Waals surface area contributed by atoms with Crippen molar-refractivity contribution < 1.29 is 14.3 Å². The zero-order valence-corrected chi connectivity index (χ0v) is 6.25. The van der Waals surface area contributed by atoms with E-state index in [1.165, 1.54) is 6.07 Å². The van der Waals surface area contributed by atoms with Crippen LogP contribution in [0.15, 0.2) is 30.9 Å². The number of aromatic hydroxyl groups is 1. The molecule has 0 aliphatic heterocycles. The van der Waals surface area contributed by atoms with Gasteiger partial charge in [-0.2, -0.15) is 0 Å². The molecule has 1 rings (SSSR count). The van der Waals surface area contributed by atoms with Crippen molar-refractivity contribution in [2.24, 2.45) is 0 Å². The van der Waals surface area contributed by atoms with E-state index in [1.54, 1.807) is 0 Å². The molecule has 0 aliphatic carbocycles. The van der Waals surface area contributed by atoms with Crippen molar-refractivity contribution in [3.63, 3.8) is 0 Å². The average Bonchev–Trinajstić information content (AvgIpc) is 2.03. The second-order valence-electron chi connectivity index (χ2n) is 2.23. The van der Waals surface area contributed by atoms with E-state index in [1.807, 2.05) is 0 Å². The number of halogens is 1. The second kappa shape index (κ2) is 3.17. The summed E-state index contributed by atoms with van der Waals surface area (Å²) in [6.45, 7) is 3.25. The van der Waals surface area contributed by atoms with E-state index in [0.29, 0.717) is 0 Å². The Morgan fingerprint density at radius 1 is 1.58 bits per heavy atom. The number of hydrogen-bond acceptors (Lipinski definition) is 2. The molecule has 12 heavy (non-hydrogen) atoms. The van der Waals surface area contributed by atoms with Gasteiger partial charge in [-0.3, -0.25) is 4.79 Å². The maximum atomic E-state index is 12.4. The molecule has 0 fully saturated rings. The van der Waals surface area contributed by atoms with E-state index in [2.05, 4.69) is 6.58 Å². The monoisotopic (exact) mass is 166 g/mol. The smallest absolute Gasteiger partial charge is 0.188 e. The highest BCUT2D eigenvalue weighted by molar-refractivity contribution is 6.06. The van der Waals surface area contributed by atoms with Crippen LogP contribution in [0.25, 0.3) is 0 Å². The molecule has 0 aliphatic rings. The Balaban J connectivity index is 3.18. The minimum absolute atomic E-state index is 0.0615. The predicted octanol–water partition coefficient (Wildman–Crippen LogP) is 1.90. The first-order valence-electron chi connectivity index (χ1n) is 3.30. The molecule has 0 amide bonds. The molecule has 0 atom stereocenters. The molecule has 0 spiro atoms. The first-order chi connectivity index (χ1) is 5.65. The molecular formula is C9H7FO2. The third-order valence-electron chi connectivity index (χ3n) is 1.41. The topological polar surface area (TPSA) is 37.3 Å². The predicted molar refractivity (Wildman–Crippen MR) is 42.6 cm³/mol. The van der Waals surface area contributed by atoms with Crippen molar-refractivity contribution in [1.82, 2.24) is 0 Å². The Morgan fingerprint density at radius 2 is 2.25 bits per heavy atom. The highest BCUT2D eigenvalue weighted by atomic mass is 19.1. The lowest BCUT2D eigenvalue weighted by Crippen LogP contribution is -1.94. The Labute approximate surface area is 69.0 Å². The molecule has 2 nitrogen and oxygen atoms in total. The van der Waals surface area contributed by atoms with Crippen molar-refractivity contribution in [3.05, 3.63) is 42.2 Å². The first-order valence-corrected chi connectivity index (χ1v) is 3.30. The van der Waals surface area contributed by atoms with Crippen LogP contribution in [0.5, 0.6) is 5.75 Å². The van der Waals surface area contributed by atoms with Gasteiger partial charge < -0.3 is 5.11 Å². The lowest BCUT2D eigenvalue weighted by atomic mass is 10.1. The van der Waals surface area contributed by atoms with Gasteiger partial charge in [0.1, 0.15) is 11.6 Å². The van der Waals surface area contributed by atoms with Gasteiger partial charge in [0, 0.05) is 6.07 Å². The van der Waals surface area contributed by atoms with Gasteiger partial charge in [-0.15, -0.1) is 0 Å². The van der Waals surface area contributed by atoms with Crippen LogP contribution in [0.2, 0.25) is 0 Å². The maximum absolute atomic E-state index is 12.4. The number of phenolic OH excluding ortho intramolecular Hbond substituents is 1. The maximum Gasteiger partial charge on any atom is 0.188 e. The third-order valence-corrected chi connectivity index (χ3v) is 1.41. The van der Waals surface area contributed by atoms with Gasteiger partial charge in [0.25, 0.3) is 0 Å². The Kier molecular flexibility index (Phi) is 2.24. The number of hydrogen-bond donors (Lipinski definition) is 1. The van der Waals surface area contributed by atoms with Crippen LogP contribution in [0.3, 0.4) is 0 Å². The number of ketones is 1. The van der Waals surface area contributed by atoms with E-state index < -0.39 is 11.6 Å². The van der Waals surface area contributed by atoms with Crippen molar-refractivity contribution in [3.8, 4) is 5.75 Å². The van der Waals surface area contributed by atoms with E-state index in [0.717, 1.165) is 18.2 Å². The van der Waals surface area contributed by atoms with Crippen molar-refractivity contribution in [2.45, 2.75) is 0 Å². The number of carbonyl (C=O) groups excluding carboxylic acids is 1. The molecule has 0 saturated carbocycles. The number of allylic oxidation sites excluding steroid dienone is 1. The summed E-state index contributed by atoms with van der Waals surface area (Å²) >= 11 is 0. The fraction of sp³-hybridized carbons (Fsp3) is 0. The standard InChI is InChI=1S/C9H7FO2/c1-2-8(11)7-4-3-6(10)5-9(7)12/h2-5,12H,1H2. The highest BCUT2D eigenvalue weighted by Gasteiger charge is 2.07. The fourth-order valence-electron chi connectivity index (χ4n) is 0.823. The number of benzene rings is 1. The summed E-state index contributed by atoms with van der Waals surface area (Å²) in [7, 11) is 0. The molecule has 0 unspecified atom stereocenters. The average molecular weight is 166 g/mol. The quantitative estimate of drug-likeness (QED) is 0.538. The van der Waals surface area contributed by atoms with Crippen LogP contribution in [0.4, 0.5) is 4.39 Å². The van der Waals surface area contributed by atoms with Crippen LogP contribution in [0.1, 0.15) is 10.4 Å². The summed E-state index contributed by atoms with van der Waals surface area (Å²) in [5.41, 5.74) is 0.0615. The molecule has 3 heteroatoms. The normalized spacial score (nSPS) is 9.42. The van der Waals surface area contributed by atoms with E-state index in [9.17, 15) is 9.18 Å². The molecular weight excluding hydrogens is 159 g/mol. The number of phenols is 1. The molecule has 1 aromatic rings. The number of carbonyl (C=O) groups is 1. The first kappa shape index (κ1) is 8.46. The van der Waals surface area contributed by atoms with E-state index in [4.69, 9.17) is 5.11 Å². The van der Waals surface area contributed by atoms with E-state index in [-0.39, 0.29) is 11.3 Å². The molecule has 0 saturated heterocycles. The molecule has 62 valence electrons. The van der Waals surface area contributed by atoms with Gasteiger partial charge in [0.15, 0.2) is 5.78 Å². The van der Waals surface area contributed by atoms with Crippen molar-refractivity contribution >= 4 is 5.78 Å². The molecule has 1 N–H and O–H groups in total. The summed E-state index contributed by atoms with van der Waals surface area (Å²) in [5, 5.41) is 9.08. The largest absolute Gasteiger partial charge is 0.507 e. The molecule has 0 bridgehead atoms. The van der Waals surface area contributed by atoms with Crippen LogP contribution in [0, 0.1) is 5.82 Å². The minimum atomic E-state index is -0.576. The van der Waals surface area contributed by atoms with Crippen molar-refractivity contribution in [1.29, 1.82) is 0 Å². The Morgan fingerprint density at radius 3 is 2.75 bits per heavy atom.